The van der Waals surface area contributed by atoms with Crippen LogP contribution in [-0.2, 0) is 19.3 Å². The predicted molar refractivity (Wildman–Crippen MR) is 105 cm³/mol. The number of carbonyl (C=O) groups is 1. The first kappa shape index (κ1) is 20.3. The van der Waals surface area contributed by atoms with Crippen LogP contribution in [0.5, 0.6) is 0 Å². The van der Waals surface area contributed by atoms with E-state index in [4.69, 9.17) is 9.47 Å². The number of hydrogen-bond donors (Lipinski definition) is 0. The van der Waals surface area contributed by atoms with Crippen molar-refractivity contribution in [2.75, 3.05) is 39.5 Å². The molecule has 7 nitrogen and oxygen atoms in total. The Morgan fingerprint density at radius 3 is 2.36 bits per heavy atom. The zero-order chi connectivity index (χ0) is 20.0. The van der Waals surface area contributed by atoms with Gasteiger partial charge in [0, 0.05) is 32.0 Å². The van der Waals surface area contributed by atoms with Gasteiger partial charge in [-0.3, -0.25) is 9.80 Å². The molecule has 0 radical (unpaired) electrons. The molecule has 1 aromatic carbocycles. The zero-order valence-electron chi connectivity index (χ0n) is 15.8. The molecular formula is C20H24N2O5S. The van der Waals surface area contributed by atoms with Crippen LogP contribution in [0.2, 0.25) is 0 Å². The third-order valence-electron chi connectivity index (χ3n) is 4.48. The Hall–Kier alpha value is -2.42. The highest BCUT2D eigenvalue weighted by molar-refractivity contribution is 7.95. The maximum absolute atomic E-state index is 13.3. The number of allylic oxidation sites excluding steroid dienone is 3. The first-order valence-electron chi connectivity index (χ1n) is 9.17. The Labute approximate surface area is 165 Å². The molecule has 1 fully saturated rings. The Morgan fingerprint density at radius 2 is 1.75 bits per heavy atom. The lowest BCUT2D eigenvalue weighted by Crippen LogP contribution is -2.38. The number of nitrogens with zero attached hydrogens (tertiary/aromatic N) is 2. The van der Waals surface area contributed by atoms with Gasteiger partial charge < -0.3 is 9.47 Å². The molecule has 0 aromatic heterocycles. The van der Waals surface area contributed by atoms with E-state index in [0.29, 0.717) is 36.8 Å². The molecule has 0 unspecified atom stereocenters. The van der Waals surface area contributed by atoms with E-state index in [1.807, 2.05) is 0 Å². The molecule has 1 aromatic rings. The van der Waals surface area contributed by atoms with E-state index in [-0.39, 0.29) is 18.0 Å². The fraction of sp³-hybridized carbons (Fsp3) is 0.350. The molecule has 0 saturated carbocycles. The Kier molecular flexibility index (Phi) is 6.66. The van der Waals surface area contributed by atoms with Crippen molar-refractivity contribution >= 4 is 15.9 Å². The highest BCUT2D eigenvalue weighted by Gasteiger charge is 2.27. The predicted octanol–water partition coefficient (Wildman–Crippen LogP) is 2.55. The van der Waals surface area contributed by atoms with Gasteiger partial charge >= 0.3 is 6.09 Å². The van der Waals surface area contributed by atoms with Crippen LogP contribution in [0.25, 0.3) is 0 Å². The van der Waals surface area contributed by atoms with Crippen molar-refractivity contribution in [3.63, 3.8) is 0 Å². The third-order valence-corrected chi connectivity index (χ3v) is 6.39. The van der Waals surface area contributed by atoms with Gasteiger partial charge in [-0.25, -0.2) is 13.2 Å². The summed E-state index contributed by atoms with van der Waals surface area (Å²) in [6.45, 7) is 4.78. The Balaban J connectivity index is 1.95. The molecule has 1 amide bonds. The van der Waals surface area contributed by atoms with E-state index in [2.05, 4.69) is 4.90 Å². The van der Waals surface area contributed by atoms with Gasteiger partial charge in [-0.1, -0.05) is 18.2 Å². The van der Waals surface area contributed by atoms with Gasteiger partial charge in [0.15, 0.2) is 0 Å². The first-order valence-corrected chi connectivity index (χ1v) is 10.7. The summed E-state index contributed by atoms with van der Waals surface area (Å²) in [5.41, 5.74) is 0.552. The van der Waals surface area contributed by atoms with Crippen LogP contribution in [0.3, 0.4) is 0 Å². The average molecular weight is 404 g/mol. The van der Waals surface area contributed by atoms with E-state index in [1.54, 1.807) is 49.4 Å². The second-order valence-electron chi connectivity index (χ2n) is 6.32. The molecule has 150 valence electrons. The molecule has 0 bridgehead atoms. The van der Waals surface area contributed by atoms with Crippen LogP contribution >= 0.6 is 0 Å². The standard InChI is InChI=1S/C20H24N2O5S/c1-2-27-20(23)22-10-8-17(9-11-22)19(16-21-12-14-26-15-13-21)28(24,25)18-6-4-3-5-7-18/h3-11H,2,12-16H2,1H3. The monoisotopic (exact) mass is 404 g/mol. The molecule has 0 N–H and O–H groups in total. The van der Waals surface area contributed by atoms with E-state index >= 15 is 0 Å². The molecule has 0 aliphatic carbocycles. The normalized spacial score (nSPS) is 17.6. The van der Waals surface area contributed by atoms with E-state index in [1.165, 1.54) is 17.3 Å². The largest absolute Gasteiger partial charge is 0.449 e. The van der Waals surface area contributed by atoms with E-state index < -0.39 is 15.9 Å². The number of rotatable bonds is 5. The average Bonchev–Trinajstić information content (AvgIpc) is 2.73. The van der Waals surface area contributed by atoms with Gasteiger partial charge in [0.25, 0.3) is 0 Å². The fourth-order valence-electron chi connectivity index (χ4n) is 2.97. The molecule has 28 heavy (non-hydrogen) atoms. The lowest BCUT2D eigenvalue weighted by atomic mass is 10.2. The molecule has 0 spiro atoms. The summed E-state index contributed by atoms with van der Waals surface area (Å²) in [4.78, 5) is 15.8. The van der Waals surface area contributed by atoms with Gasteiger partial charge in [0.2, 0.25) is 9.84 Å². The number of amides is 1. The minimum Gasteiger partial charge on any atom is -0.449 e. The van der Waals surface area contributed by atoms with Crippen LogP contribution < -0.4 is 0 Å². The number of hydrogen-bond acceptors (Lipinski definition) is 6. The van der Waals surface area contributed by atoms with Crippen molar-refractivity contribution < 1.29 is 22.7 Å². The van der Waals surface area contributed by atoms with Crippen molar-refractivity contribution in [1.82, 2.24) is 9.80 Å². The summed E-state index contributed by atoms with van der Waals surface area (Å²) < 4.78 is 37.0. The van der Waals surface area contributed by atoms with Gasteiger partial charge in [-0.2, -0.15) is 0 Å². The van der Waals surface area contributed by atoms with Crippen molar-refractivity contribution in [1.29, 1.82) is 0 Å². The van der Waals surface area contributed by atoms with Gasteiger partial charge in [-0.15, -0.1) is 0 Å². The summed E-state index contributed by atoms with van der Waals surface area (Å²) in [6, 6.07) is 8.39. The molecule has 2 aliphatic rings. The summed E-state index contributed by atoms with van der Waals surface area (Å²) >= 11 is 0. The fourth-order valence-corrected chi connectivity index (χ4v) is 4.57. The van der Waals surface area contributed by atoms with Crippen LogP contribution in [0.1, 0.15) is 6.92 Å². The molecule has 3 rings (SSSR count). The maximum atomic E-state index is 13.3. The summed E-state index contributed by atoms with van der Waals surface area (Å²) in [6.07, 6.45) is 5.80. The minimum absolute atomic E-state index is 0.250. The van der Waals surface area contributed by atoms with E-state index in [9.17, 15) is 13.2 Å². The van der Waals surface area contributed by atoms with Crippen molar-refractivity contribution in [3.05, 3.63) is 65.4 Å². The summed E-state index contributed by atoms with van der Waals surface area (Å²) in [5, 5.41) is 0. The van der Waals surface area contributed by atoms with Crippen molar-refractivity contribution in [2.45, 2.75) is 11.8 Å². The Bertz CT molecular complexity index is 868. The molecule has 1 saturated heterocycles. The zero-order valence-corrected chi connectivity index (χ0v) is 16.6. The van der Waals surface area contributed by atoms with Crippen LogP contribution in [0.4, 0.5) is 4.79 Å². The molecule has 8 heteroatoms. The lowest BCUT2D eigenvalue weighted by molar-refractivity contribution is 0.0429. The number of sulfone groups is 1. The minimum atomic E-state index is -3.69. The lowest BCUT2D eigenvalue weighted by Gasteiger charge is -2.28. The van der Waals surface area contributed by atoms with Gasteiger partial charge in [0.05, 0.1) is 29.6 Å². The van der Waals surface area contributed by atoms with Gasteiger partial charge in [-0.05, 0) is 36.8 Å². The second-order valence-corrected chi connectivity index (χ2v) is 8.29. The maximum Gasteiger partial charge on any atom is 0.417 e. The quantitative estimate of drug-likeness (QED) is 0.751. The Morgan fingerprint density at radius 1 is 1.11 bits per heavy atom. The van der Waals surface area contributed by atoms with Crippen molar-refractivity contribution in [2.24, 2.45) is 0 Å². The topological polar surface area (TPSA) is 76.2 Å². The van der Waals surface area contributed by atoms with Gasteiger partial charge in [0.1, 0.15) is 0 Å². The van der Waals surface area contributed by atoms with Crippen LogP contribution in [0.15, 0.2) is 70.3 Å². The highest BCUT2D eigenvalue weighted by Crippen LogP contribution is 2.26. The molecule has 0 atom stereocenters. The summed E-state index contributed by atoms with van der Waals surface area (Å²) in [5.74, 6) is 0. The second kappa shape index (κ2) is 9.18. The van der Waals surface area contributed by atoms with E-state index in [0.717, 1.165) is 0 Å². The SMILES string of the molecule is CCOC(=O)N1C=CC(=C(CN2CCOCC2)S(=O)(=O)c2ccccc2)C=C1. The number of benzene rings is 1. The first-order chi connectivity index (χ1) is 13.5. The van der Waals surface area contributed by atoms with Crippen molar-refractivity contribution in [3.8, 4) is 0 Å². The summed E-state index contributed by atoms with van der Waals surface area (Å²) in [7, 11) is -3.69. The highest BCUT2D eigenvalue weighted by atomic mass is 32.2. The number of ether oxygens (including phenoxy) is 2. The number of carbonyl (C=O) groups excluding carboxylic acids is 1. The molecular weight excluding hydrogens is 380 g/mol. The van der Waals surface area contributed by atoms with Crippen LogP contribution in [0, 0.1) is 0 Å². The third kappa shape index (κ3) is 4.70. The van der Waals surface area contributed by atoms with Crippen LogP contribution in [-0.4, -0.2) is 63.8 Å². The molecule has 2 aliphatic heterocycles. The number of morpholine rings is 1. The molecule has 2 heterocycles. The smallest absolute Gasteiger partial charge is 0.417 e.